The molecule has 1 atom stereocenters. The zero-order chi connectivity index (χ0) is 16.8. The first-order chi connectivity index (χ1) is 11.8. The Kier molecular flexibility index (Phi) is 5.75. The lowest BCUT2D eigenvalue weighted by Gasteiger charge is -2.19. The van der Waals surface area contributed by atoms with Crippen LogP contribution in [0.1, 0.15) is 38.2 Å². The maximum absolute atomic E-state index is 12.4. The Bertz CT molecular complexity index is 599. The lowest BCUT2D eigenvalue weighted by atomic mass is 10.1. The molecule has 5 nitrogen and oxygen atoms in total. The molecule has 1 aromatic carbocycles. The van der Waals surface area contributed by atoms with E-state index in [4.69, 9.17) is 14.2 Å². The van der Waals surface area contributed by atoms with Crippen LogP contribution in [-0.4, -0.2) is 43.4 Å². The summed E-state index contributed by atoms with van der Waals surface area (Å²) in [4.78, 5) is 14.3. The molecule has 0 spiro atoms. The van der Waals surface area contributed by atoms with E-state index in [1.165, 1.54) is 0 Å². The molecule has 1 fully saturated rings. The molecule has 1 saturated heterocycles. The van der Waals surface area contributed by atoms with E-state index in [9.17, 15) is 4.79 Å². The average molecular weight is 331 g/mol. The molecule has 0 radical (unpaired) electrons. The molecule has 1 aromatic rings. The zero-order valence-electron chi connectivity index (χ0n) is 14.2. The van der Waals surface area contributed by atoms with Gasteiger partial charge in [-0.2, -0.15) is 0 Å². The van der Waals surface area contributed by atoms with Crippen molar-refractivity contribution in [3.63, 3.8) is 0 Å². The van der Waals surface area contributed by atoms with Crippen molar-refractivity contribution in [2.45, 2.75) is 38.7 Å². The number of carbonyl (C=O) groups is 1. The molecule has 0 saturated carbocycles. The fourth-order valence-corrected chi connectivity index (χ4v) is 3.03. The normalized spacial score (nSPS) is 20.4. The molecule has 0 aromatic heterocycles. The van der Waals surface area contributed by atoms with E-state index in [2.05, 4.69) is 6.92 Å². The van der Waals surface area contributed by atoms with Crippen molar-refractivity contribution in [1.82, 2.24) is 4.90 Å². The Labute approximate surface area is 143 Å². The van der Waals surface area contributed by atoms with E-state index in [1.54, 1.807) is 6.08 Å². The predicted octanol–water partition coefficient (Wildman–Crippen LogP) is 3.24. The van der Waals surface area contributed by atoms with Gasteiger partial charge in [0.05, 0.1) is 6.10 Å². The molecule has 2 aliphatic heterocycles. The van der Waals surface area contributed by atoms with Crippen molar-refractivity contribution in [2.75, 3.05) is 26.5 Å². The first-order valence-electron chi connectivity index (χ1n) is 8.74. The summed E-state index contributed by atoms with van der Waals surface area (Å²) in [6, 6.07) is 5.69. The summed E-state index contributed by atoms with van der Waals surface area (Å²) in [7, 11) is 0. The van der Waals surface area contributed by atoms with Gasteiger partial charge in [0.2, 0.25) is 12.7 Å². The zero-order valence-corrected chi connectivity index (χ0v) is 14.2. The topological polar surface area (TPSA) is 48.0 Å². The molecule has 0 unspecified atom stereocenters. The number of benzene rings is 1. The van der Waals surface area contributed by atoms with Gasteiger partial charge in [-0.05, 0) is 49.5 Å². The van der Waals surface area contributed by atoms with Gasteiger partial charge in [-0.1, -0.05) is 13.0 Å². The van der Waals surface area contributed by atoms with Crippen molar-refractivity contribution in [2.24, 2.45) is 0 Å². The molecule has 2 heterocycles. The average Bonchev–Trinajstić information content (AvgIpc) is 2.94. The quantitative estimate of drug-likeness (QED) is 0.777. The van der Waals surface area contributed by atoms with Gasteiger partial charge in [-0.15, -0.1) is 0 Å². The van der Waals surface area contributed by atoms with E-state index >= 15 is 0 Å². The van der Waals surface area contributed by atoms with Gasteiger partial charge in [-0.25, -0.2) is 0 Å². The van der Waals surface area contributed by atoms with Crippen LogP contribution in [0.25, 0.3) is 6.08 Å². The van der Waals surface area contributed by atoms with Gasteiger partial charge in [0, 0.05) is 25.8 Å². The monoisotopic (exact) mass is 331 g/mol. The number of nitrogens with zero attached hydrogens (tertiary/aromatic N) is 1. The lowest BCUT2D eigenvalue weighted by molar-refractivity contribution is -0.126. The Morgan fingerprint density at radius 1 is 1.29 bits per heavy atom. The number of fused-ring (bicyclic) bond motifs is 1. The third-order valence-electron chi connectivity index (χ3n) is 4.36. The maximum atomic E-state index is 12.4. The SMILES string of the molecule is CCCO[C@H]1CCCN(C(=O)/C=C\c2ccc3c(c2)OCO3)CC1. The number of amides is 1. The van der Waals surface area contributed by atoms with E-state index < -0.39 is 0 Å². The highest BCUT2D eigenvalue weighted by Crippen LogP contribution is 2.32. The second kappa shape index (κ2) is 8.20. The molecule has 130 valence electrons. The molecule has 3 rings (SSSR count). The third kappa shape index (κ3) is 4.29. The fourth-order valence-electron chi connectivity index (χ4n) is 3.03. The Morgan fingerprint density at radius 2 is 2.17 bits per heavy atom. The summed E-state index contributed by atoms with van der Waals surface area (Å²) in [6.45, 7) is 4.75. The highest BCUT2D eigenvalue weighted by Gasteiger charge is 2.19. The van der Waals surface area contributed by atoms with Crippen molar-refractivity contribution in [1.29, 1.82) is 0 Å². The smallest absolute Gasteiger partial charge is 0.246 e. The Hall–Kier alpha value is -2.01. The van der Waals surface area contributed by atoms with Crippen LogP contribution in [-0.2, 0) is 9.53 Å². The van der Waals surface area contributed by atoms with E-state index in [-0.39, 0.29) is 12.7 Å². The first kappa shape index (κ1) is 16.8. The second-order valence-corrected chi connectivity index (χ2v) is 6.20. The van der Waals surface area contributed by atoms with Crippen LogP contribution in [0.4, 0.5) is 0 Å². The van der Waals surface area contributed by atoms with Crippen LogP contribution in [0.5, 0.6) is 11.5 Å². The molecule has 2 aliphatic rings. The van der Waals surface area contributed by atoms with Crippen LogP contribution < -0.4 is 9.47 Å². The van der Waals surface area contributed by atoms with Crippen LogP contribution >= 0.6 is 0 Å². The van der Waals surface area contributed by atoms with E-state index in [1.807, 2.05) is 29.2 Å². The van der Waals surface area contributed by atoms with Gasteiger partial charge < -0.3 is 19.1 Å². The van der Waals surface area contributed by atoms with E-state index in [0.29, 0.717) is 6.10 Å². The summed E-state index contributed by atoms with van der Waals surface area (Å²) >= 11 is 0. The van der Waals surface area contributed by atoms with Gasteiger partial charge in [0.15, 0.2) is 11.5 Å². The van der Waals surface area contributed by atoms with Crippen molar-refractivity contribution < 1.29 is 19.0 Å². The summed E-state index contributed by atoms with van der Waals surface area (Å²) in [5.41, 5.74) is 0.937. The molecule has 0 N–H and O–H groups in total. The van der Waals surface area contributed by atoms with Crippen molar-refractivity contribution in [3.05, 3.63) is 29.8 Å². The summed E-state index contributed by atoms with van der Waals surface area (Å²) in [5.74, 6) is 1.54. The standard InChI is InChI=1S/C19H25NO4/c1-2-12-22-16-4-3-10-20(11-9-16)19(21)8-6-15-5-7-17-18(13-15)24-14-23-17/h5-8,13,16H,2-4,9-12,14H2,1H3/b8-6-/t16-/m0/s1. The van der Waals surface area contributed by atoms with Crippen LogP contribution in [0.3, 0.4) is 0 Å². The first-order valence-corrected chi connectivity index (χ1v) is 8.74. The number of hydrogen-bond donors (Lipinski definition) is 0. The number of carbonyl (C=O) groups excluding carboxylic acids is 1. The van der Waals surface area contributed by atoms with Crippen LogP contribution in [0.2, 0.25) is 0 Å². The lowest BCUT2D eigenvalue weighted by Crippen LogP contribution is -2.30. The summed E-state index contributed by atoms with van der Waals surface area (Å²) < 4.78 is 16.5. The van der Waals surface area contributed by atoms with Gasteiger partial charge >= 0.3 is 0 Å². The summed E-state index contributed by atoms with van der Waals surface area (Å²) in [6.07, 6.45) is 7.76. The molecular formula is C19H25NO4. The number of likely N-dealkylation sites (tertiary alicyclic amines) is 1. The Morgan fingerprint density at radius 3 is 3.04 bits per heavy atom. The number of rotatable bonds is 5. The molecule has 0 bridgehead atoms. The van der Waals surface area contributed by atoms with Gasteiger partial charge in [0.1, 0.15) is 0 Å². The predicted molar refractivity (Wildman–Crippen MR) is 92.1 cm³/mol. The van der Waals surface area contributed by atoms with Crippen molar-refractivity contribution >= 4 is 12.0 Å². The van der Waals surface area contributed by atoms with Crippen LogP contribution in [0, 0.1) is 0 Å². The highest BCUT2D eigenvalue weighted by atomic mass is 16.7. The minimum absolute atomic E-state index is 0.0591. The molecule has 1 amide bonds. The largest absolute Gasteiger partial charge is 0.454 e. The number of hydrogen-bond acceptors (Lipinski definition) is 4. The summed E-state index contributed by atoms with van der Waals surface area (Å²) in [5, 5.41) is 0. The molecular weight excluding hydrogens is 306 g/mol. The molecule has 24 heavy (non-hydrogen) atoms. The van der Waals surface area contributed by atoms with Crippen molar-refractivity contribution in [3.8, 4) is 11.5 Å². The fraction of sp³-hybridized carbons (Fsp3) is 0.526. The second-order valence-electron chi connectivity index (χ2n) is 6.20. The highest BCUT2D eigenvalue weighted by molar-refractivity contribution is 5.91. The Balaban J connectivity index is 1.54. The van der Waals surface area contributed by atoms with Crippen LogP contribution in [0.15, 0.2) is 24.3 Å². The minimum Gasteiger partial charge on any atom is -0.454 e. The van der Waals surface area contributed by atoms with E-state index in [0.717, 1.165) is 62.4 Å². The van der Waals surface area contributed by atoms with Gasteiger partial charge in [0.25, 0.3) is 0 Å². The third-order valence-corrected chi connectivity index (χ3v) is 4.36. The molecule has 5 heteroatoms. The minimum atomic E-state index is 0.0591. The maximum Gasteiger partial charge on any atom is 0.246 e. The molecule has 0 aliphatic carbocycles. The number of ether oxygens (including phenoxy) is 3. The van der Waals surface area contributed by atoms with Gasteiger partial charge in [-0.3, -0.25) is 4.79 Å².